The molecule has 5 N–H and O–H groups in total. The zero-order valence-electron chi connectivity index (χ0n) is 6.79. The molecule has 0 bridgehead atoms. The van der Waals surface area contributed by atoms with E-state index in [1.165, 1.54) is 0 Å². The third-order valence-corrected chi connectivity index (χ3v) is 2.87. The van der Waals surface area contributed by atoms with Gasteiger partial charge in [0.1, 0.15) is 0 Å². The maximum absolute atomic E-state index is 5.94. The Hall–Kier alpha value is -0.870. The molecule has 64 valence electrons. The minimum atomic E-state index is -0.489. The molecular formula is C8H11N3S. The quantitative estimate of drug-likeness (QED) is 0.511. The van der Waals surface area contributed by atoms with Crippen LogP contribution in [0, 0.1) is 0 Å². The summed E-state index contributed by atoms with van der Waals surface area (Å²) in [6, 6.07) is 0. The normalized spacial score (nSPS) is 33.0. The van der Waals surface area contributed by atoms with E-state index in [2.05, 4.69) is 5.32 Å². The van der Waals surface area contributed by atoms with Crippen LogP contribution in [0.4, 0.5) is 0 Å². The molecule has 0 radical (unpaired) electrons. The summed E-state index contributed by atoms with van der Waals surface area (Å²) in [6.45, 7) is 1.91. The van der Waals surface area contributed by atoms with Crippen molar-refractivity contribution in [2.75, 3.05) is 0 Å². The fourth-order valence-electron chi connectivity index (χ4n) is 1.29. The highest BCUT2D eigenvalue weighted by atomic mass is 32.2. The standard InChI is InChI=1S/C8H11N3S/c1-8(10)4-5-6(7(8)9)11-2-3-12-5/h2-4,11H,9-10H2,1H3. The second-order valence-electron chi connectivity index (χ2n) is 3.14. The van der Waals surface area contributed by atoms with E-state index in [0.717, 1.165) is 10.6 Å². The van der Waals surface area contributed by atoms with Crippen LogP contribution in [0.3, 0.4) is 0 Å². The monoisotopic (exact) mass is 181 g/mol. The first-order valence-corrected chi connectivity index (χ1v) is 4.60. The van der Waals surface area contributed by atoms with Crippen molar-refractivity contribution in [2.45, 2.75) is 12.5 Å². The Morgan fingerprint density at radius 3 is 3.00 bits per heavy atom. The summed E-state index contributed by atoms with van der Waals surface area (Å²) >= 11 is 1.64. The molecule has 0 amide bonds. The molecule has 1 aliphatic carbocycles. The highest BCUT2D eigenvalue weighted by Gasteiger charge is 2.31. The average molecular weight is 181 g/mol. The van der Waals surface area contributed by atoms with Crippen LogP contribution in [0.5, 0.6) is 0 Å². The molecule has 12 heavy (non-hydrogen) atoms. The number of nitrogens with two attached hydrogens (primary N) is 2. The predicted octanol–water partition coefficient (Wildman–Crippen LogP) is 0.579. The van der Waals surface area contributed by atoms with Gasteiger partial charge in [-0.2, -0.15) is 0 Å². The Bertz CT molecular complexity index is 312. The first-order valence-electron chi connectivity index (χ1n) is 3.72. The van der Waals surface area contributed by atoms with Crippen molar-refractivity contribution in [3.8, 4) is 0 Å². The molecule has 1 heterocycles. The minimum Gasteiger partial charge on any atom is -0.399 e. The van der Waals surface area contributed by atoms with Crippen molar-refractivity contribution >= 4 is 11.8 Å². The van der Waals surface area contributed by atoms with Crippen molar-refractivity contribution in [1.29, 1.82) is 0 Å². The summed E-state index contributed by atoms with van der Waals surface area (Å²) < 4.78 is 0. The number of rotatable bonds is 0. The molecule has 0 fully saturated rings. The van der Waals surface area contributed by atoms with E-state index < -0.39 is 5.54 Å². The van der Waals surface area contributed by atoms with Gasteiger partial charge in [-0.3, -0.25) is 0 Å². The lowest BCUT2D eigenvalue weighted by molar-refractivity contribution is 0.682. The maximum Gasteiger partial charge on any atom is 0.0749 e. The molecule has 1 unspecified atom stereocenters. The molecule has 0 saturated heterocycles. The number of nitrogens with one attached hydrogen (secondary N) is 1. The Balaban J connectivity index is 2.48. The van der Waals surface area contributed by atoms with E-state index >= 15 is 0 Å². The molecule has 4 heteroatoms. The van der Waals surface area contributed by atoms with E-state index in [1.807, 2.05) is 24.6 Å². The van der Waals surface area contributed by atoms with E-state index in [-0.39, 0.29) is 0 Å². The molecule has 3 nitrogen and oxygen atoms in total. The Kier molecular flexibility index (Phi) is 1.49. The van der Waals surface area contributed by atoms with E-state index in [1.54, 1.807) is 11.8 Å². The van der Waals surface area contributed by atoms with Gasteiger partial charge >= 0.3 is 0 Å². The Labute approximate surface area is 75.6 Å². The smallest absolute Gasteiger partial charge is 0.0749 e. The minimum absolute atomic E-state index is 0.489. The zero-order valence-corrected chi connectivity index (χ0v) is 7.61. The van der Waals surface area contributed by atoms with Crippen LogP contribution in [0.1, 0.15) is 6.92 Å². The third-order valence-electron chi connectivity index (χ3n) is 2.02. The predicted molar refractivity (Wildman–Crippen MR) is 51.8 cm³/mol. The molecule has 0 aromatic rings. The van der Waals surface area contributed by atoms with Crippen LogP contribution in [0.2, 0.25) is 0 Å². The van der Waals surface area contributed by atoms with Gasteiger partial charge in [-0.25, -0.2) is 0 Å². The van der Waals surface area contributed by atoms with E-state index in [4.69, 9.17) is 11.5 Å². The highest BCUT2D eigenvalue weighted by Crippen LogP contribution is 2.37. The summed E-state index contributed by atoms with van der Waals surface area (Å²) in [5.41, 5.74) is 13.0. The largest absolute Gasteiger partial charge is 0.399 e. The van der Waals surface area contributed by atoms with Crippen LogP contribution in [-0.2, 0) is 0 Å². The van der Waals surface area contributed by atoms with Crippen LogP contribution in [0.15, 0.2) is 34.0 Å². The molecule has 0 aromatic carbocycles. The lowest BCUT2D eigenvalue weighted by atomic mass is 10.0. The van der Waals surface area contributed by atoms with Crippen LogP contribution >= 0.6 is 11.8 Å². The second kappa shape index (κ2) is 2.31. The molecule has 1 atom stereocenters. The zero-order chi connectivity index (χ0) is 8.77. The number of hydrogen-bond acceptors (Lipinski definition) is 4. The van der Waals surface area contributed by atoms with Crippen molar-refractivity contribution in [3.05, 3.63) is 34.0 Å². The lowest BCUT2D eigenvalue weighted by Crippen LogP contribution is -2.38. The third kappa shape index (κ3) is 0.956. The van der Waals surface area contributed by atoms with E-state index in [9.17, 15) is 0 Å². The molecular weight excluding hydrogens is 170 g/mol. The van der Waals surface area contributed by atoms with Gasteiger partial charge in [0.2, 0.25) is 0 Å². The van der Waals surface area contributed by atoms with Gasteiger partial charge in [-0.1, -0.05) is 11.8 Å². The Morgan fingerprint density at radius 1 is 1.58 bits per heavy atom. The van der Waals surface area contributed by atoms with Gasteiger partial charge in [0.25, 0.3) is 0 Å². The van der Waals surface area contributed by atoms with Gasteiger partial charge in [0.05, 0.1) is 16.9 Å². The lowest BCUT2D eigenvalue weighted by Gasteiger charge is -2.17. The first kappa shape index (κ1) is 7.76. The fourth-order valence-corrected chi connectivity index (χ4v) is 2.17. The van der Waals surface area contributed by atoms with Crippen molar-refractivity contribution in [3.63, 3.8) is 0 Å². The average Bonchev–Trinajstić information content (AvgIpc) is 2.24. The van der Waals surface area contributed by atoms with Gasteiger partial charge in [-0.15, -0.1) is 0 Å². The number of thioether (sulfide) groups is 1. The first-order chi connectivity index (χ1) is 5.61. The number of hydrogen-bond donors (Lipinski definition) is 3. The van der Waals surface area contributed by atoms with Crippen LogP contribution < -0.4 is 16.8 Å². The molecule has 0 spiro atoms. The van der Waals surface area contributed by atoms with E-state index in [0.29, 0.717) is 5.70 Å². The topological polar surface area (TPSA) is 64.1 Å². The maximum atomic E-state index is 5.94. The summed E-state index contributed by atoms with van der Waals surface area (Å²) in [4.78, 5) is 1.13. The fraction of sp³-hybridized carbons (Fsp3) is 0.250. The summed E-state index contributed by atoms with van der Waals surface area (Å²) in [6.07, 6.45) is 3.85. The van der Waals surface area contributed by atoms with Crippen molar-refractivity contribution in [2.24, 2.45) is 11.5 Å². The van der Waals surface area contributed by atoms with Crippen LogP contribution in [0.25, 0.3) is 0 Å². The van der Waals surface area contributed by atoms with Gasteiger partial charge in [0, 0.05) is 11.1 Å². The van der Waals surface area contributed by atoms with Gasteiger partial charge in [0.15, 0.2) is 0 Å². The second-order valence-corrected chi connectivity index (χ2v) is 4.09. The van der Waals surface area contributed by atoms with Crippen molar-refractivity contribution in [1.82, 2.24) is 5.32 Å². The summed E-state index contributed by atoms with van der Waals surface area (Å²) in [7, 11) is 0. The molecule has 2 rings (SSSR count). The SMILES string of the molecule is CC1(N)C=C2SC=CNC2=C1N. The van der Waals surface area contributed by atoms with Crippen molar-refractivity contribution < 1.29 is 0 Å². The summed E-state index contributed by atoms with van der Waals surface area (Å²) in [5.74, 6) is 0. The Morgan fingerprint density at radius 2 is 2.33 bits per heavy atom. The van der Waals surface area contributed by atoms with Gasteiger partial charge in [-0.05, 0) is 18.4 Å². The highest BCUT2D eigenvalue weighted by molar-refractivity contribution is 8.06. The summed E-state index contributed by atoms with van der Waals surface area (Å²) in [5, 5.41) is 5.07. The molecule has 2 aliphatic rings. The molecule has 0 aromatic heterocycles. The van der Waals surface area contributed by atoms with Gasteiger partial charge < -0.3 is 16.8 Å². The number of fused-ring (bicyclic) bond motifs is 1. The van der Waals surface area contributed by atoms with Crippen LogP contribution in [-0.4, -0.2) is 5.54 Å². The molecule has 1 aliphatic heterocycles. The molecule has 0 saturated carbocycles.